The smallest absolute Gasteiger partial charge is 0.380 e. The molecule has 3 aromatic rings. The van der Waals surface area contributed by atoms with Crippen LogP contribution in [0.3, 0.4) is 0 Å². The zero-order valence-electron chi connectivity index (χ0n) is 23.4. The highest BCUT2D eigenvalue weighted by atomic mass is 32.2. The molecule has 2 fully saturated rings. The van der Waals surface area contributed by atoms with Crippen LogP contribution in [-0.2, 0) is 20.9 Å². The molecule has 2 saturated heterocycles. The maximum Gasteiger partial charge on any atom is 0.451 e. The van der Waals surface area contributed by atoms with Crippen LogP contribution in [0.2, 0.25) is 0 Å². The number of nitrogens with zero attached hydrogens (tertiary/aromatic N) is 4. The van der Waals surface area contributed by atoms with Crippen molar-refractivity contribution in [3.63, 3.8) is 0 Å². The lowest BCUT2D eigenvalue weighted by Gasteiger charge is -2.49. The second-order valence-corrected chi connectivity index (χ2v) is 14.2. The van der Waals surface area contributed by atoms with Crippen LogP contribution >= 0.6 is 11.3 Å². The number of unbranched alkanes of at least 4 members (excludes halogenated alkanes) is 1. The summed E-state index contributed by atoms with van der Waals surface area (Å²) in [4.78, 5) is 25.3. The van der Waals surface area contributed by atoms with Crippen LogP contribution < -0.4 is 5.32 Å². The molecule has 1 amide bonds. The molecule has 0 bridgehead atoms. The standard InChI is InChI=1S/C28H32F3N5O4S2/c1-4-5-6-22-13-40-16-27(22)14-36(15-27)42(38,39)23-8-19(7-20(9-23)25-32-10-17(2)41-25)24(37)35-18(3)21-11-33-26(34-12-21)28(29,30)31/h7-12,18,22H,4-6,13-16H2,1-3H3,(H,35,37)/t18-,22?/m1/s1. The predicted molar refractivity (Wildman–Crippen MR) is 150 cm³/mol. The molecule has 2 aromatic heterocycles. The lowest BCUT2D eigenvalue weighted by Crippen LogP contribution is -2.61. The summed E-state index contributed by atoms with van der Waals surface area (Å²) in [6.07, 6.45) is 2.12. The van der Waals surface area contributed by atoms with E-state index in [1.807, 2.05) is 6.92 Å². The molecule has 9 nitrogen and oxygen atoms in total. The molecular formula is C28H32F3N5O4S2. The highest BCUT2D eigenvalue weighted by Gasteiger charge is 2.55. The van der Waals surface area contributed by atoms with Crippen molar-refractivity contribution in [1.82, 2.24) is 24.6 Å². The number of hydrogen-bond acceptors (Lipinski definition) is 8. The summed E-state index contributed by atoms with van der Waals surface area (Å²) in [5.41, 5.74) is 0.633. The molecular weight excluding hydrogens is 591 g/mol. The van der Waals surface area contributed by atoms with Crippen molar-refractivity contribution < 1.29 is 31.1 Å². The first kappa shape index (κ1) is 30.5. The van der Waals surface area contributed by atoms with Gasteiger partial charge in [-0.1, -0.05) is 19.8 Å². The Bertz CT molecular complexity index is 1550. The Morgan fingerprint density at radius 1 is 1.19 bits per heavy atom. The third kappa shape index (κ3) is 6.08. The first-order valence-corrected chi connectivity index (χ1v) is 15.9. The van der Waals surface area contributed by atoms with Crippen LogP contribution in [0.4, 0.5) is 13.2 Å². The molecule has 2 aliphatic heterocycles. The SMILES string of the molecule is CCCCC1COCC12CN(S(=O)(=O)c1cc(C(=O)N[C@H](C)c3cnc(C(F)(F)F)nc3)cc(-c3ncc(C)s3)c1)C2. The number of rotatable bonds is 9. The third-order valence-corrected chi connectivity index (χ3v) is 10.6. The average Bonchev–Trinajstić information content (AvgIpc) is 3.56. The van der Waals surface area contributed by atoms with E-state index < -0.39 is 34.0 Å². The van der Waals surface area contributed by atoms with Gasteiger partial charge >= 0.3 is 6.18 Å². The largest absolute Gasteiger partial charge is 0.451 e. The molecule has 2 aliphatic rings. The number of benzene rings is 1. The van der Waals surface area contributed by atoms with E-state index >= 15 is 0 Å². The van der Waals surface area contributed by atoms with E-state index in [1.54, 1.807) is 19.2 Å². The summed E-state index contributed by atoms with van der Waals surface area (Å²) in [6, 6.07) is 3.67. The highest BCUT2D eigenvalue weighted by Crippen LogP contribution is 2.47. The quantitative estimate of drug-likeness (QED) is 0.347. The van der Waals surface area contributed by atoms with Crippen LogP contribution in [0.25, 0.3) is 10.6 Å². The zero-order chi connectivity index (χ0) is 30.3. The molecule has 0 saturated carbocycles. The molecule has 4 heterocycles. The van der Waals surface area contributed by atoms with Crippen LogP contribution in [0, 0.1) is 18.3 Å². The third-order valence-electron chi connectivity index (χ3n) is 7.91. The summed E-state index contributed by atoms with van der Waals surface area (Å²) in [6.45, 7) is 7.47. The van der Waals surface area contributed by atoms with E-state index in [0.717, 1.165) is 36.5 Å². The van der Waals surface area contributed by atoms with Crippen molar-refractivity contribution in [1.29, 1.82) is 0 Å². The van der Waals surface area contributed by atoms with Gasteiger partial charge < -0.3 is 10.1 Å². The van der Waals surface area contributed by atoms with Gasteiger partial charge in [0.1, 0.15) is 5.01 Å². The molecule has 14 heteroatoms. The molecule has 2 atom stereocenters. The number of nitrogens with one attached hydrogen (secondary N) is 1. The lowest BCUT2D eigenvalue weighted by atomic mass is 9.71. The van der Waals surface area contributed by atoms with E-state index in [0.29, 0.717) is 42.8 Å². The Hall–Kier alpha value is -2.94. The number of alkyl halides is 3. The first-order valence-electron chi connectivity index (χ1n) is 13.7. The van der Waals surface area contributed by atoms with Crippen molar-refractivity contribution >= 4 is 27.3 Å². The van der Waals surface area contributed by atoms with Crippen molar-refractivity contribution in [3.05, 3.63) is 58.6 Å². The number of sulfonamides is 1. The molecule has 226 valence electrons. The van der Waals surface area contributed by atoms with Gasteiger partial charge in [0.15, 0.2) is 0 Å². The molecule has 1 spiro atoms. The topological polar surface area (TPSA) is 114 Å². The molecule has 1 N–H and O–H groups in total. The molecule has 0 radical (unpaired) electrons. The summed E-state index contributed by atoms with van der Waals surface area (Å²) in [5.74, 6) is -1.57. The number of halogens is 3. The number of hydrogen-bond donors (Lipinski definition) is 1. The summed E-state index contributed by atoms with van der Waals surface area (Å²) < 4.78 is 73.4. The predicted octanol–water partition coefficient (Wildman–Crippen LogP) is 5.25. The highest BCUT2D eigenvalue weighted by molar-refractivity contribution is 7.89. The van der Waals surface area contributed by atoms with E-state index in [4.69, 9.17) is 4.74 Å². The zero-order valence-corrected chi connectivity index (χ0v) is 25.1. The van der Waals surface area contributed by atoms with Gasteiger partial charge in [0.05, 0.1) is 24.2 Å². The van der Waals surface area contributed by atoms with E-state index in [1.165, 1.54) is 27.8 Å². The van der Waals surface area contributed by atoms with E-state index in [-0.39, 0.29) is 21.4 Å². The van der Waals surface area contributed by atoms with Gasteiger partial charge in [-0.3, -0.25) is 4.79 Å². The molecule has 42 heavy (non-hydrogen) atoms. The molecule has 1 unspecified atom stereocenters. The van der Waals surface area contributed by atoms with Gasteiger partial charge in [0.25, 0.3) is 5.91 Å². The van der Waals surface area contributed by atoms with Crippen molar-refractivity contribution in [3.8, 4) is 10.6 Å². The Balaban J connectivity index is 1.40. The number of amides is 1. The minimum absolute atomic E-state index is 0.0256. The minimum Gasteiger partial charge on any atom is -0.380 e. The Morgan fingerprint density at radius 3 is 2.52 bits per heavy atom. The average molecular weight is 624 g/mol. The lowest BCUT2D eigenvalue weighted by molar-refractivity contribution is -0.145. The first-order chi connectivity index (χ1) is 19.8. The number of carbonyl (C=O) groups is 1. The number of aryl methyl sites for hydroxylation is 1. The normalized spacial score (nSPS) is 19.5. The second kappa shape index (κ2) is 11.6. The van der Waals surface area contributed by atoms with Crippen LogP contribution in [0.15, 0.2) is 41.7 Å². The van der Waals surface area contributed by atoms with Crippen LogP contribution in [-0.4, -0.2) is 59.9 Å². The van der Waals surface area contributed by atoms with Crippen LogP contribution in [0.1, 0.15) is 65.8 Å². The maximum absolute atomic E-state index is 13.8. The second-order valence-electron chi connectivity index (χ2n) is 11.0. The van der Waals surface area contributed by atoms with Gasteiger partial charge in [0, 0.05) is 58.7 Å². The fraction of sp³-hybridized carbons (Fsp3) is 0.500. The number of thiazole rings is 1. The minimum atomic E-state index is -4.68. The molecule has 5 rings (SSSR count). The summed E-state index contributed by atoms with van der Waals surface area (Å²) >= 11 is 1.37. The van der Waals surface area contributed by atoms with E-state index in [2.05, 4.69) is 27.2 Å². The molecule has 0 aliphatic carbocycles. The van der Waals surface area contributed by atoms with Crippen molar-refractivity contribution in [2.24, 2.45) is 11.3 Å². The van der Waals surface area contributed by atoms with E-state index in [9.17, 15) is 26.4 Å². The Morgan fingerprint density at radius 2 is 1.90 bits per heavy atom. The maximum atomic E-state index is 13.8. The summed E-state index contributed by atoms with van der Waals surface area (Å²) in [5, 5.41) is 3.27. The monoisotopic (exact) mass is 623 g/mol. The van der Waals surface area contributed by atoms with Gasteiger partial charge in [0.2, 0.25) is 15.8 Å². The Kier molecular flexibility index (Phi) is 8.45. The fourth-order valence-electron chi connectivity index (χ4n) is 5.43. The summed E-state index contributed by atoms with van der Waals surface area (Å²) in [7, 11) is -3.94. The van der Waals surface area contributed by atoms with Gasteiger partial charge in [-0.2, -0.15) is 17.5 Å². The number of carbonyl (C=O) groups excluding carboxylic acids is 1. The fourth-order valence-corrected chi connectivity index (χ4v) is 7.88. The van der Waals surface area contributed by atoms with Crippen LogP contribution in [0.5, 0.6) is 0 Å². The van der Waals surface area contributed by atoms with Crippen molar-refractivity contribution in [2.45, 2.75) is 57.1 Å². The number of aromatic nitrogens is 3. The Labute approximate surface area is 246 Å². The number of ether oxygens (including phenoxy) is 1. The van der Waals surface area contributed by atoms with Gasteiger partial charge in [-0.15, -0.1) is 11.3 Å². The molecule has 1 aromatic carbocycles. The van der Waals surface area contributed by atoms with Gasteiger partial charge in [-0.25, -0.2) is 23.4 Å². The van der Waals surface area contributed by atoms with Gasteiger partial charge in [-0.05, 0) is 44.4 Å². The van der Waals surface area contributed by atoms with Crippen molar-refractivity contribution in [2.75, 3.05) is 26.3 Å².